The zero-order valence-electron chi connectivity index (χ0n) is 12.4. The van der Waals surface area contributed by atoms with Crippen LogP contribution in [0.2, 0.25) is 0 Å². The van der Waals surface area contributed by atoms with Crippen LogP contribution in [-0.2, 0) is 4.74 Å². The van der Waals surface area contributed by atoms with Gasteiger partial charge >= 0.3 is 6.03 Å². The highest BCUT2D eigenvalue weighted by molar-refractivity contribution is 5.90. The van der Waals surface area contributed by atoms with Crippen molar-refractivity contribution in [2.75, 3.05) is 32.2 Å². The lowest BCUT2D eigenvalue weighted by atomic mass is 10.1. The maximum absolute atomic E-state index is 12.3. The second-order valence-electron chi connectivity index (χ2n) is 5.78. The van der Waals surface area contributed by atoms with Crippen molar-refractivity contribution in [1.82, 2.24) is 4.90 Å². The van der Waals surface area contributed by atoms with Gasteiger partial charge in [0.05, 0.1) is 6.61 Å². The molecule has 0 aromatic heterocycles. The van der Waals surface area contributed by atoms with Crippen LogP contribution in [0.15, 0.2) is 24.3 Å². The minimum Gasteiger partial charge on any atom is -0.491 e. The summed E-state index contributed by atoms with van der Waals surface area (Å²) in [6.45, 7) is 1.96. The number of methoxy groups -OCH3 is 1. The molecular formula is C16H22N2O3. The van der Waals surface area contributed by atoms with E-state index in [2.05, 4.69) is 5.32 Å². The number of urea groups is 1. The first-order valence-electron chi connectivity index (χ1n) is 7.55. The van der Waals surface area contributed by atoms with E-state index in [1.54, 1.807) is 7.11 Å². The smallest absolute Gasteiger partial charge is 0.322 e. The third-order valence-corrected chi connectivity index (χ3v) is 4.31. The van der Waals surface area contributed by atoms with Gasteiger partial charge in [-0.1, -0.05) is 6.07 Å². The number of anilines is 1. The van der Waals surface area contributed by atoms with E-state index in [4.69, 9.17) is 9.47 Å². The molecule has 5 nitrogen and oxygen atoms in total. The lowest BCUT2D eigenvalue weighted by molar-refractivity contribution is 0.146. The molecule has 1 saturated carbocycles. The molecule has 3 rings (SSSR count). The third-order valence-electron chi connectivity index (χ3n) is 4.31. The first-order valence-corrected chi connectivity index (χ1v) is 7.55. The van der Waals surface area contributed by atoms with Crippen molar-refractivity contribution in [3.63, 3.8) is 0 Å². The number of hydrogen-bond acceptors (Lipinski definition) is 3. The van der Waals surface area contributed by atoms with Gasteiger partial charge in [0.15, 0.2) is 0 Å². The van der Waals surface area contributed by atoms with E-state index in [1.165, 1.54) is 12.8 Å². The molecule has 5 heteroatoms. The number of fused-ring (bicyclic) bond motifs is 2. The molecule has 2 aliphatic rings. The van der Waals surface area contributed by atoms with Gasteiger partial charge < -0.3 is 19.7 Å². The van der Waals surface area contributed by atoms with Gasteiger partial charge in [-0.3, -0.25) is 0 Å². The summed E-state index contributed by atoms with van der Waals surface area (Å²) in [4.78, 5) is 14.3. The number of carbonyl (C=O) groups excluding carboxylic acids is 1. The standard InChI is InChI=1S/C16H22N2O3/c1-20-7-8-21-15-4-2-3-13(10-15)17-16(19)18-11-12-5-6-14(18)9-12/h2-4,10,12,14H,5-9,11H2,1H3,(H,17,19). The molecule has 2 unspecified atom stereocenters. The summed E-state index contributed by atoms with van der Waals surface area (Å²) in [5.41, 5.74) is 0.776. The summed E-state index contributed by atoms with van der Waals surface area (Å²) in [7, 11) is 1.64. The summed E-state index contributed by atoms with van der Waals surface area (Å²) in [6.07, 6.45) is 3.60. The predicted octanol–water partition coefficient (Wildman–Crippen LogP) is 2.73. The topological polar surface area (TPSA) is 50.8 Å². The minimum atomic E-state index is 0.0104. The zero-order valence-corrected chi connectivity index (χ0v) is 12.4. The normalized spacial score (nSPS) is 23.4. The first-order chi connectivity index (χ1) is 10.3. The van der Waals surface area contributed by atoms with Crippen molar-refractivity contribution in [1.29, 1.82) is 0 Å². The number of carbonyl (C=O) groups is 1. The fourth-order valence-corrected chi connectivity index (χ4v) is 3.28. The van der Waals surface area contributed by atoms with Crippen LogP contribution in [0.25, 0.3) is 0 Å². The Bertz CT molecular complexity index is 506. The van der Waals surface area contributed by atoms with Gasteiger partial charge in [0.1, 0.15) is 12.4 Å². The molecule has 2 fully saturated rings. The van der Waals surface area contributed by atoms with E-state index < -0.39 is 0 Å². The average Bonchev–Trinajstić information content (AvgIpc) is 3.11. The van der Waals surface area contributed by atoms with Crippen LogP contribution >= 0.6 is 0 Å². The molecule has 2 amide bonds. The summed E-state index contributed by atoms with van der Waals surface area (Å²) in [5, 5.41) is 2.98. The average molecular weight is 290 g/mol. The lowest BCUT2D eigenvalue weighted by Gasteiger charge is -2.27. The van der Waals surface area contributed by atoms with Gasteiger partial charge in [-0.05, 0) is 37.3 Å². The van der Waals surface area contributed by atoms with Crippen molar-refractivity contribution in [2.45, 2.75) is 25.3 Å². The molecule has 2 bridgehead atoms. The van der Waals surface area contributed by atoms with E-state index in [0.29, 0.717) is 25.2 Å². The molecule has 1 aromatic carbocycles. The molecule has 1 aliphatic carbocycles. The van der Waals surface area contributed by atoms with Gasteiger partial charge in [0, 0.05) is 31.5 Å². The summed E-state index contributed by atoms with van der Waals surface area (Å²) < 4.78 is 10.5. The third kappa shape index (κ3) is 3.29. The Labute approximate surface area is 125 Å². The Morgan fingerprint density at radius 2 is 2.29 bits per heavy atom. The zero-order chi connectivity index (χ0) is 14.7. The van der Waals surface area contributed by atoms with Crippen molar-refractivity contribution >= 4 is 11.7 Å². The number of benzene rings is 1. The van der Waals surface area contributed by atoms with Gasteiger partial charge in [-0.2, -0.15) is 0 Å². The molecule has 1 heterocycles. The molecule has 0 radical (unpaired) electrons. The van der Waals surface area contributed by atoms with Crippen LogP contribution in [0.4, 0.5) is 10.5 Å². The van der Waals surface area contributed by atoms with Crippen molar-refractivity contribution in [3.05, 3.63) is 24.3 Å². The van der Waals surface area contributed by atoms with Gasteiger partial charge in [0.2, 0.25) is 0 Å². The fourth-order valence-electron chi connectivity index (χ4n) is 3.28. The predicted molar refractivity (Wildman–Crippen MR) is 80.7 cm³/mol. The van der Waals surface area contributed by atoms with E-state index >= 15 is 0 Å². The van der Waals surface area contributed by atoms with Gasteiger partial charge in [0.25, 0.3) is 0 Å². The Morgan fingerprint density at radius 3 is 3.00 bits per heavy atom. The van der Waals surface area contributed by atoms with Gasteiger partial charge in [-0.25, -0.2) is 4.79 Å². The maximum Gasteiger partial charge on any atom is 0.322 e. The van der Waals surface area contributed by atoms with Crippen LogP contribution in [0.1, 0.15) is 19.3 Å². The highest BCUT2D eigenvalue weighted by Crippen LogP contribution is 2.37. The molecule has 21 heavy (non-hydrogen) atoms. The van der Waals surface area contributed by atoms with E-state index in [0.717, 1.165) is 24.4 Å². The molecule has 0 spiro atoms. The molecular weight excluding hydrogens is 268 g/mol. The number of hydrogen-bond donors (Lipinski definition) is 1. The van der Waals surface area contributed by atoms with Crippen LogP contribution in [0, 0.1) is 5.92 Å². The summed E-state index contributed by atoms with van der Waals surface area (Å²) in [5.74, 6) is 1.46. The number of amides is 2. The Hall–Kier alpha value is -1.75. The minimum absolute atomic E-state index is 0.0104. The van der Waals surface area contributed by atoms with Crippen LogP contribution in [0.3, 0.4) is 0 Å². The molecule has 1 saturated heterocycles. The number of nitrogens with zero attached hydrogens (tertiary/aromatic N) is 1. The second kappa shape index (κ2) is 6.35. The monoisotopic (exact) mass is 290 g/mol. The lowest BCUT2D eigenvalue weighted by Crippen LogP contribution is -2.40. The number of nitrogens with one attached hydrogen (secondary N) is 1. The van der Waals surface area contributed by atoms with Crippen molar-refractivity contribution < 1.29 is 14.3 Å². The van der Waals surface area contributed by atoms with Crippen LogP contribution in [-0.4, -0.2) is 43.8 Å². The van der Waals surface area contributed by atoms with Crippen molar-refractivity contribution in [2.24, 2.45) is 5.92 Å². The molecule has 114 valence electrons. The number of likely N-dealkylation sites (tertiary alicyclic amines) is 1. The second-order valence-corrected chi connectivity index (χ2v) is 5.78. The SMILES string of the molecule is COCCOc1cccc(NC(=O)N2CC3CCC2C3)c1. The number of ether oxygens (including phenoxy) is 2. The summed E-state index contributed by atoms with van der Waals surface area (Å²) >= 11 is 0. The molecule has 2 atom stereocenters. The molecule has 1 aliphatic heterocycles. The van der Waals surface area contributed by atoms with Gasteiger partial charge in [-0.15, -0.1) is 0 Å². The largest absolute Gasteiger partial charge is 0.491 e. The highest BCUT2D eigenvalue weighted by atomic mass is 16.5. The number of piperidine rings is 1. The first kappa shape index (κ1) is 14.2. The molecule has 1 N–H and O–H groups in total. The van der Waals surface area contributed by atoms with E-state index in [1.807, 2.05) is 29.2 Å². The Morgan fingerprint density at radius 1 is 1.38 bits per heavy atom. The van der Waals surface area contributed by atoms with Crippen LogP contribution in [0.5, 0.6) is 5.75 Å². The van der Waals surface area contributed by atoms with Crippen molar-refractivity contribution in [3.8, 4) is 5.75 Å². The Kier molecular flexibility index (Phi) is 4.29. The number of rotatable bonds is 5. The summed E-state index contributed by atoms with van der Waals surface area (Å²) in [6, 6.07) is 7.95. The van der Waals surface area contributed by atoms with E-state index in [-0.39, 0.29) is 6.03 Å². The van der Waals surface area contributed by atoms with E-state index in [9.17, 15) is 4.79 Å². The quantitative estimate of drug-likeness (QED) is 0.848. The fraction of sp³-hybridized carbons (Fsp3) is 0.562. The van der Waals surface area contributed by atoms with Crippen LogP contribution < -0.4 is 10.1 Å². The Balaban J connectivity index is 1.57. The highest BCUT2D eigenvalue weighted by Gasteiger charge is 2.40. The molecule has 1 aromatic rings. The maximum atomic E-state index is 12.3.